The number of rotatable bonds is 6. The number of carbonyl (C=O) groups is 1. The van der Waals surface area contributed by atoms with Crippen molar-refractivity contribution in [2.45, 2.75) is 51.7 Å². The second-order valence-corrected chi connectivity index (χ2v) is 6.85. The van der Waals surface area contributed by atoms with Gasteiger partial charge in [0.1, 0.15) is 6.54 Å². The van der Waals surface area contributed by atoms with Crippen LogP contribution >= 0.6 is 24.0 Å². The number of hydrogen-bond donors (Lipinski definition) is 3. The summed E-state index contributed by atoms with van der Waals surface area (Å²) in [5.74, 6) is 0.529. The number of guanidine groups is 1. The monoisotopic (exact) mass is 456 g/mol. The molecule has 0 radical (unpaired) electrons. The number of aliphatic imine (C=N–C) groups is 1. The van der Waals surface area contributed by atoms with E-state index in [1.807, 2.05) is 27.7 Å². The van der Waals surface area contributed by atoms with Crippen molar-refractivity contribution in [3.63, 3.8) is 0 Å². The summed E-state index contributed by atoms with van der Waals surface area (Å²) in [5, 5.41) is 9.33. The first-order valence-electron chi connectivity index (χ1n) is 8.26. The van der Waals surface area contributed by atoms with Gasteiger partial charge in [-0.3, -0.25) is 4.79 Å². The number of amides is 1. The molecular weight excluding hydrogens is 423 g/mol. The molecule has 0 aromatic heterocycles. The maximum absolute atomic E-state index is 11.9. The first kappa shape index (κ1) is 23.4. The van der Waals surface area contributed by atoms with Gasteiger partial charge >= 0.3 is 0 Å². The van der Waals surface area contributed by atoms with Crippen molar-refractivity contribution in [3.05, 3.63) is 0 Å². The predicted octanol–water partition coefficient (Wildman–Crippen LogP) is 1.27. The molecule has 24 heavy (non-hydrogen) atoms. The van der Waals surface area contributed by atoms with Crippen LogP contribution in [0, 0.1) is 0 Å². The first-order chi connectivity index (χ1) is 10.8. The topological polar surface area (TPSA) is 84.0 Å². The molecule has 1 aliphatic heterocycles. The van der Waals surface area contributed by atoms with E-state index in [2.05, 4.69) is 20.9 Å². The third-order valence-corrected chi connectivity index (χ3v) is 3.65. The van der Waals surface area contributed by atoms with Crippen LogP contribution in [0.4, 0.5) is 0 Å². The zero-order valence-electron chi connectivity index (χ0n) is 15.5. The van der Waals surface area contributed by atoms with Gasteiger partial charge < -0.3 is 25.4 Å². The van der Waals surface area contributed by atoms with Crippen molar-refractivity contribution >= 4 is 35.8 Å². The van der Waals surface area contributed by atoms with E-state index in [4.69, 9.17) is 9.47 Å². The Morgan fingerprint density at radius 1 is 1.25 bits per heavy atom. The molecule has 0 spiro atoms. The Labute approximate surface area is 162 Å². The molecular formula is C16H33IN4O3. The van der Waals surface area contributed by atoms with E-state index in [-0.39, 0.29) is 47.6 Å². The van der Waals surface area contributed by atoms with E-state index in [0.29, 0.717) is 25.7 Å². The molecule has 1 amide bonds. The molecule has 1 rings (SSSR count). The summed E-state index contributed by atoms with van der Waals surface area (Å²) in [4.78, 5) is 16.2. The Bertz CT molecular complexity index is 405. The van der Waals surface area contributed by atoms with Crippen LogP contribution in [-0.4, -0.2) is 63.0 Å². The Morgan fingerprint density at radius 2 is 1.88 bits per heavy atom. The second kappa shape index (κ2) is 11.1. The summed E-state index contributed by atoms with van der Waals surface area (Å²) in [5.41, 5.74) is -0.483. The highest BCUT2D eigenvalue weighted by atomic mass is 127. The standard InChI is InChI=1S/C16H32N4O3.HI/c1-6-17-14(18-11-13(21)20-15(2,3)4)19-12-16(22-5)7-9-23-10-8-16;/h6-12H2,1-5H3,(H,20,21)(H2,17,18,19);1H. The van der Waals surface area contributed by atoms with Crippen LogP contribution in [0.3, 0.4) is 0 Å². The fourth-order valence-corrected chi connectivity index (χ4v) is 2.39. The maximum Gasteiger partial charge on any atom is 0.242 e. The Kier molecular flexibility index (Phi) is 10.8. The molecule has 1 saturated heterocycles. The summed E-state index contributed by atoms with van der Waals surface area (Å²) in [6.07, 6.45) is 1.70. The highest BCUT2D eigenvalue weighted by Crippen LogP contribution is 2.23. The normalized spacial score (nSPS) is 17.6. The van der Waals surface area contributed by atoms with Crippen molar-refractivity contribution in [2.75, 3.05) is 40.0 Å². The summed E-state index contributed by atoms with van der Waals surface area (Å²) in [7, 11) is 1.73. The minimum Gasteiger partial charge on any atom is -0.381 e. The van der Waals surface area contributed by atoms with Crippen LogP contribution in [0.2, 0.25) is 0 Å². The number of carbonyl (C=O) groups excluding carboxylic acids is 1. The number of ether oxygens (including phenoxy) is 2. The number of nitrogens with one attached hydrogen (secondary N) is 3. The molecule has 1 heterocycles. The number of halogens is 1. The van der Waals surface area contributed by atoms with Crippen molar-refractivity contribution in [2.24, 2.45) is 4.99 Å². The lowest BCUT2D eigenvalue weighted by molar-refractivity contribution is -0.121. The third kappa shape index (κ3) is 9.03. The van der Waals surface area contributed by atoms with E-state index < -0.39 is 0 Å². The van der Waals surface area contributed by atoms with Gasteiger partial charge in [0, 0.05) is 51.8 Å². The molecule has 0 saturated carbocycles. The van der Waals surface area contributed by atoms with Crippen molar-refractivity contribution in [1.29, 1.82) is 0 Å². The SMILES string of the molecule is CCNC(=NCC(=O)NC(C)(C)C)NCC1(OC)CCOCC1.I. The smallest absolute Gasteiger partial charge is 0.242 e. The molecule has 3 N–H and O–H groups in total. The first-order valence-corrected chi connectivity index (χ1v) is 8.26. The fourth-order valence-electron chi connectivity index (χ4n) is 2.39. The Balaban J connectivity index is 0.00000529. The fraction of sp³-hybridized carbons (Fsp3) is 0.875. The van der Waals surface area contributed by atoms with Gasteiger partial charge in [0.2, 0.25) is 5.91 Å². The van der Waals surface area contributed by atoms with Crippen LogP contribution in [0.25, 0.3) is 0 Å². The molecule has 0 atom stereocenters. The predicted molar refractivity (Wildman–Crippen MR) is 107 cm³/mol. The zero-order chi connectivity index (χ0) is 17.3. The van der Waals surface area contributed by atoms with Crippen LogP contribution in [-0.2, 0) is 14.3 Å². The van der Waals surface area contributed by atoms with E-state index in [0.717, 1.165) is 19.4 Å². The van der Waals surface area contributed by atoms with Crippen molar-refractivity contribution in [1.82, 2.24) is 16.0 Å². The largest absolute Gasteiger partial charge is 0.381 e. The summed E-state index contributed by atoms with van der Waals surface area (Å²) < 4.78 is 11.1. The van der Waals surface area contributed by atoms with Gasteiger partial charge in [-0.1, -0.05) is 0 Å². The quantitative estimate of drug-likeness (QED) is 0.319. The van der Waals surface area contributed by atoms with Gasteiger partial charge in [0.15, 0.2) is 5.96 Å². The highest BCUT2D eigenvalue weighted by Gasteiger charge is 2.32. The number of methoxy groups -OCH3 is 1. The average Bonchev–Trinajstić information content (AvgIpc) is 2.49. The maximum atomic E-state index is 11.9. The number of nitrogens with zero attached hydrogens (tertiary/aromatic N) is 1. The van der Waals surface area contributed by atoms with Gasteiger partial charge in [-0.05, 0) is 27.7 Å². The lowest BCUT2D eigenvalue weighted by Gasteiger charge is -2.36. The minimum atomic E-state index is -0.249. The van der Waals surface area contributed by atoms with Gasteiger partial charge in [0.25, 0.3) is 0 Å². The average molecular weight is 456 g/mol. The third-order valence-electron chi connectivity index (χ3n) is 3.65. The molecule has 0 unspecified atom stereocenters. The summed E-state index contributed by atoms with van der Waals surface area (Å²) in [6, 6.07) is 0. The molecule has 142 valence electrons. The zero-order valence-corrected chi connectivity index (χ0v) is 17.9. The number of hydrogen-bond acceptors (Lipinski definition) is 4. The van der Waals surface area contributed by atoms with Crippen LogP contribution in [0.15, 0.2) is 4.99 Å². The van der Waals surface area contributed by atoms with E-state index >= 15 is 0 Å². The van der Waals surface area contributed by atoms with Crippen molar-refractivity contribution < 1.29 is 14.3 Å². The van der Waals surface area contributed by atoms with Gasteiger partial charge in [-0.25, -0.2) is 4.99 Å². The molecule has 0 bridgehead atoms. The van der Waals surface area contributed by atoms with E-state index in [1.54, 1.807) is 7.11 Å². The minimum absolute atomic E-state index is 0. The molecule has 1 aliphatic rings. The highest BCUT2D eigenvalue weighted by molar-refractivity contribution is 14.0. The van der Waals surface area contributed by atoms with E-state index in [1.165, 1.54) is 0 Å². The Hall–Kier alpha value is -0.610. The molecule has 8 heteroatoms. The van der Waals surface area contributed by atoms with E-state index in [9.17, 15) is 4.79 Å². The van der Waals surface area contributed by atoms with Crippen LogP contribution < -0.4 is 16.0 Å². The van der Waals surface area contributed by atoms with Crippen LogP contribution in [0.1, 0.15) is 40.5 Å². The summed E-state index contributed by atoms with van der Waals surface area (Å²) >= 11 is 0. The lowest BCUT2D eigenvalue weighted by atomic mass is 9.94. The van der Waals surface area contributed by atoms with Gasteiger partial charge in [-0.15, -0.1) is 24.0 Å². The van der Waals surface area contributed by atoms with Gasteiger partial charge in [0.05, 0.1) is 5.60 Å². The molecule has 7 nitrogen and oxygen atoms in total. The summed E-state index contributed by atoms with van der Waals surface area (Å²) in [6.45, 7) is 10.7. The molecule has 0 aliphatic carbocycles. The Morgan fingerprint density at radius 3 is 2.38 bits per heavy atom. The van der Waals surface area contributed by atoms with Crippen molar-refractivity contribution in [3.8, 4) is 0 Å². The van der Waals surface area contributed by atoms with Gasteiger partial charge in [-0.2, -0.15) is 0 Å². The molecule has 1 fully saturated rings. The lowest BCUT2D eigenvalue weighted by Crippen LogP contribution is -2.51. The molecule has 0 aromatic carbocycles. The second-order valence-electron chi connectivity index (χ2n) is 6.85. The van der Waals surface area contributed by atoms with Crippen LogP contribution in [0.5, 0.6) is 0 Å². The molecule has 0 aromatic rings.